The van der Waals surface area contributed by atoms with Gasteiger partial charge in [0.25, 0.3) is 23.6 Å². The van der Waals surface area contributed by atoms with E-state index in [0.29, 0.717) is 35.6 Å². The Morgan fingerprint density at radius 1 is 1.10 bits per heavy atom. The SMILES string of the molecule is O=C(CCCc1ccc(N2C(=O)C=CC2=O)cc1)ON1C(=O)CC(SOO[O-])C1=O.[Na+]. The molecule has 1 aromatic carbocycles. The van der Waals surface area contributed by atoms with Crippen LogP contribution < -0.4 is 39.7 Å². The van der Waals surface area contributed by atoms with Gasteiger partial charge in [-0.3, -0.25) is 24.2 Å². The molecule has 0 bridgehead atoms. The van der Waals surface area contributed by atoms with E-state index in [1.54, 1.807) is 24.3 Å². The fraction of sp³-hybridized carbons (Fsp3) is 0.278. The molecule has 1 aromatic rings. The minimum atomic E-state index is -1.03. The molecule has 2 aliphatic rings. The second-order valence-electron chi connectivity index (χ2n) is 6.28. The van der Waals surface area contributed by atoms with Crippen LogP contribution in [0.3, 0.4) is 0 Å². The van der Waals surface area contributed by atoms with Crippen molar-refractivity contribution in [3.05, 3.63) is 42.0 Å². The average Bonchev–Trinajstić information content (AvgIpc) is 3.20. The molecule has 0 aliphatic carbocycles. The predicted octanol–water partition coefficient (Wildman–Crippen LogP) is -3.10. The number of rotatable bonds is 9. The largest absolute Gasteiger partial charge is 1.00 e. The standard InChI is InChI=1S/C18H16N2O9S.Na/c21-14-8-9-15(22)19(14)12-6-4-11(5-7-12)2-1-3-17(24)27-20-16(23)10-13(18(20)25)30-29-28-26;/h4-9,13,26H,1-3,10H2;/q;+1/p-1. The second kappa shape index (κ2) is 11.5. The van der Waals surface area contributed by atoms with Crippen molar-refractivity contribution in [2.45, 2.75) is 30.9 Å². The number of amides is 4. The summed E-state index contributed by atoms with van der Waals surface area (Å²) in [6.45, 7) is 0. The molecule has 13 heteroatoms. The van der Waals surface area contributed by atoms with Crippen LogP contribution in [0.15, 0.2) is 36.4 Å². The number of anilines is 1. The first-order chi connectivity index (χ1) is 14.4. The molecule has 2 aliphatic heterocycles. The summed E-state index contributed by atoms with van der Waals surface area (Å²) in [4.78, 5) is 64.8. The van der Waals surface area contributed by atoms with Gasteiger partial charge in [-0.15, -0.1) is 5.06 Å². The summed E-state index contributed by atoms with van der Waals surface area (Å²) < 4.78 is 4.03. The van der Waals surface area contributed by atoms with Gasteiger partial charge in [-0.05, 0) is 30.5 Å². The Kier molecular flexibility index (Phi) is 9.37. The maximum atomic E-state index is 12.0. The maximum absolute atomic E-state index is 12.0. The number of hydrogen-bond donors (Lipinski definition) is 0. The van der Waals surface area contributed by atoms with Crippen LogP contribution in [0.2, 0.25) is 0 Å². The van der Waals surface area contributed by atoms with E-state index in [1.165, 1.54) is 12.2 Å². The predicted molar refractivity (Wildman–Crippen MR) is 97.1 cm³/mol. The third-order valence-electron chi connectivity index (χ3n) is 4.29. The summed E-state index contributed by atoms with van der Waals surface area (Å²) in [5.74, 6) is -3.12. The van der Waals surface area contributed by atoms with Crippen molar-refractivity contribution < 1.29 is 73.0 Å². The van der Waals surface area contributed by atoms with Gasteiger partial charge in [0.2, 0.25) is 0 Å². The molecule has 4 amide bonds. The smallest absolute Gasteiger partial charge is 0.691 e. The van der Waals surface area contributed by atoms with Crippen LogP contribution in [0, 0.1) is 0 Å². The van der Waals surface area contributed by atoms with E-state index in [4.69, 9.17) is 4.84 Å². The van der Waals surface area contributed by atoms with E-state index >= 15 is 0 Å². The van der Waals surface area contributed by atoms with Crippen molar-refractivity contribution in [1.29, 1.82) is 0 Å². The molecule has 0 radical (unpaired) electrons. The summed E-state index contributed by atoms with van der Waals surface area (Å²) in [5.41, 5.74) is 1.31. The Morgan fingerprint density at radius 3 is 2.35 bits per heavy atom. The molecular weight excluding hydrogens is 443 g/mol. The van der Waals surface area contributed by atoms with Crippen LogP contribution in [-0.4, -0.2) is 39.9 Å². The fourth-order valence-corrected chi connectivity index (χ4v) is 3.38. The van der Waals surface area contributed by atoms with E-state index in [-0.39, 0.29) is 42.4 Å². The number of hydrogen-bond acceptors (Lipinski definition) is 10. The molecule has 11 nitrogen and oxygen atoms in total. The molecule has 1 fully saturated rings. The molecule has 1 saturated heterocycles. The van der Waals surface area contributed by atoms with E-state index in [2.05, 4.69) is 9.37 Å². The van der Waals surface area contributed by atoms with Gasteiger partial charge in [0.15, 0.2) is 0 Å². The summed E-state index contributed by atoms with van der Waals surface area (Å²) >= 11 is 0.365. The van der Waals surface area contributed by atoms with Gasteiger partial charge in [-0.2, -0.15) is 4.33 Å². The molecule has 0 saturated carbocycles. The van der Waals surface area contributed by atoms with Crippen LogP contribution >= 0.6 is 12.0 Å². The molecule has 0 spiro atoms. The van der Waals surface area contributed by atoms with Crippen molar-refractivity contribution in [2.24, 2.45) is 0 Å². The van der Waals surface area contributed by atoms with Crippen molar-refractivity contribution in [2.75, 3.05) is 4.90 Å². The number of carbonyl (C=O) groups is 5. The first kappa shape index (κ1) is 25.2. The van der Waals surface area contributed by atoms with Gasteiger partial charge in [-0.25, -0.2) is 9.69 Å². The number of hydroxylamine groups is 2. The molecular formula is C18H15N2NaO9S. The van der Waals surface area contributed by atoms with Crippen molar-refractivity contribution in [3.63, 3.8) is 0 Å². The summed E-state index contributed by atoms with van der Waals surface area (Å²) in [6, 6.07) is 6.72. The summed E-state index contributed by atoms with van der Waals surface area (Å²) in [6.07, 6.45) is 2.92. The summed E-state index contributed by atoms with van der Waals surface area (Å²) in [7, 11) is 0. The zero-order valence-electron chi connectivity index (χ0n) is 16.3. The van der Waals surface area contributed by atoms with Crippen LogP contribution in [0.5, 0.6) is 0 Å². The zero-order valence-corrected chi connectivity index (χ0v) is 19.2. The minimum absolute atomic E-state index is 0. The zero-order chi connectivity index (χ0) is 21.7. The third kappa shape index (κ3) is 6.23. The number of aryl methyl sites for hydroxylation is 1. The first-order valence-corrected chi connectivity index (χ1v) is 9.56. The molecule has 1 atom stereocenters. The molecule has 2 heterocycles. The Hall–Kier alpha value is -2.06. The fourth-order valence-electron chi connectivity index (χ4n) is 2.87. The van der Waals surface area contributed by atoms with Crippen LogP contribution in [-0.2, 0) is 44.6 Å². The van der Waals surface area contributed by atoms with Gasteiger partial charge in [0.1, 0.15) is 5.25 Å². The monoisotopic (exact) mass is 458 g/mol. The Labute approximate surface area is 202 Å². The number of carbonyl (C=O) groups excluding carboxylic acids is 5. The van der Waals surface area contributed by atoms with Crippen molar-refractivity contribution in [3.8, 4) is 0 Å². The maximum Gasteiger partial charge on any atom is 1.00 e. The van der Waals surface area contributed by atoms with Crippen LogP contribution in [0.4, 0.5) is 5.69 Å². The van der Waals surface area contributed by atoms with E-state index in [0.717, 1.165) is 10.5 Å². The van der Waals surface area contributed by atoms with Gasteiger partial charge < -0.3 is 10.1 Å². The second-order valence-corrected chi connectivity index (χ2v) is 7.18. The quantitative estimate of drug-likeness (QED) is 0.123. The van der Waals surface area contributed by atoms with Crippen LogP contribution in [0.25, 0.3) is 0 Å². The number of imide groups is 2. The molecule has 0 N–H and O–H groups in total. The molecule has 1 unspecified atom stereocenters. The van der Waals surface area contributed by atoms with Gasteiger partial charge in [-0.1, -0.05) is 12.1 Å². The van der Waals surface area contributed by atoms with Crippen LogP contribution in [0.1, 0.15) is 24.8 Å². The molecule has 0 aromatic heterocycles. The minimum Gasteiger partial charge on any atom is -0.691 e. The molecule has 158 valence electrons. The first-order valence-electron chi connectivity index (χ1n) is 8.75. The van der Waals surface area contributed by atoms with E-state index < -0.39 is 34.8 Å². The Morgan fingerprint density at radius 2 is 1.74 bits per heavy atom. The normalized spacial score (nSPS) is 18.0. The van der Waals surface area contributed by atoms with E-state index in [1.807, 2.05) is 0 Å². The molecule has 3 rings (SSSR count). The average molecular weight is 458 g/mol. The number of nitrogens with zero attached hydrogens (tertiary/aromatic N) is 2. The van der Waals surface area contributed by atoms with E-state index in [9.17, 15) is 29.2 Å². The summed E-state index contributed by atoms with van der Waals surface area (Å²) in [5, 5.41) is 12.3. The van der Waals surface area contributed by atoms with Gasteiger partial charge in [0, 0.05) is 30.6 Å². The van der Waals surface area contributed by atoms with Gasteiger partial charge in [0.05, 0.1) is 12.1 Å². The van der Waals surface area contributed by atoms with Gasteiger partial charge >= 0.3 is 35.5 Å². The van der Waals surface area contributed by atoms with Crippen molar-refractivity contribution >= 4 is 47.3 Å². The topological polar surface area (TPSA) is 143 Å². The van der Waals surface area contributed by atoms with Crippen molar-refractivity contribution in [1.82, 2.24) is 5.06 Å². The third-order valence-corrected chi connectivity index (χ3v) is 5.02. The Bertz CT molecular complexity index is 888. The Balaban J connectivity index is 0.00000341. The number of benzene rings is 1. The molecule has 31 heavy (non-hydrogen) atoms.